The van der Waals surface area contributed by atoms with Gasteiger partial charge in [0.2, 0.25) is 0 Å². The fourth-order valence-corrected chi connectivity index (χ4v) is 2.17. The van der Waals surface area contributed by atoms with E-state index in [0.29, 0.717) is 6.54 Å². The summed E-state index contributed by atoms with van der Waals surface area (Å²) in [5.41, 5.74) is 10.9. The van der Waals surface area contributed by atoms with Crippen LogP contribution in [0.25, 0.3) is 10.9 Å². The lowest BCUT2D eigenvalue weighted by Crippen LogP contribution is -1.99. The van der Waals surface area contributed by atoms with E-state index in [9.17, 15) is 0 Å². The molecule has 1 heterocycles. The van der Waals surface area contributed by atoms with Crippen molar-refractivity contribution in [3.05, 3.63) is 35.0 Å². The van der Waals surface area contributed by atoms with Crippen molar-refractivity contribution in [3.63, 3.8) is 0 Å². The van der Waals surface area contributed by atoms with Crippen molar-refractivity contribution < 1.29 is 0 Å². The maximum absolute atomic E-state index is 5.77. The van der Waals surface area contributed by atoms with Crippen molar-refractivity contribution in [2.24, 2.45) is 12.8 Å². The number of para-hydroxylation sites is 1. The van der Waals surface area contributed by atoms with Crippen LogP contribution in [0.4, 0.5) is 0 Å². The second-order valence-electron chi connectivity index (χ2n) is 3.80. The Morgan fingerprint density at radius 2 is 2.00 bits per heavy atom. The van der Waals surface area contributed by atoms with E-state index in [1.165, 1.54) is 27.7 Å². The number of benzene rings is 1. The molecule has 0 unspecified atom stereocenters. The highest BCUT2D eigenvalue weighted by molar-refractivity contribution is 5.88. The number of rotatable bonds is 1. The molecular formula is C12H16N2. The van der Waals surface area contributed by atoms with Gasteiger partial charge in [-0.05, 0) is 25.0 Å². The molecule has 0 amide bonds. The molecule has 74 valence electrons. The fourth-order valence-electron chi connectivity index (χ4n) is 2.17. The van der Waals surface area contributed by atoms with E-state index in [1.54, 1.807) is 0 Å². The molecule has 0 aliphatic rings. The zero-order chi connectivity index (χ0) is 10.3. The Balaban J connectivity index is 2.95. The van der Waals surface area contributed by atoms with Gasteiger partial charge in [0.1, 0.15) is 0 Å². The van der Waals surface area contributed by atoms with Crippen LogP contribution in [0.1, 0.15) is 16.8 Å². The molecule has 0 atom stereocenters. The van der Waals surface area contributed by atoms with E-state index < -0.39 is 0 Å². The van der Waals surface area contributed by atoms with Gasteiger partial charge in [-0.1, -0.05) is 18.2 Å². The highest BCUT2D eigenvalue weighted by Crippen LogP contribution is 2.26. The Hall–Kier alpha value is -1.28. The second-order valence-corrected chi connectivity index (χ2v) is 3.80. The summed E-state index contributed by atoms with van der Waals surface area (Å²) < 4.78 is 2.23. The van der Waals surface area contributed by atoms with E-state index in [0.717, 1.165) is 0 Å². The first-order valence-corrected chi connectivity index (χ1v) is 4.90. The predicted molar refractivity (Wildman–Crippen MR) is 60.3 cm³/mol. The van der Waals surface area contributed by atoms with Gasteiger partial charge in [0.25, 0.3) is 0 Å². The van der Waals surface area contributed by atoms with Crippen LogP contribution in [-0.4, -0.2) is 4.57 Å². The summed E-state index contributed by atoms with van der Waals surface area (Å²) in [4.78, 5) is 0. The van der Waals surface area contributed by atoms with E-state index in [-0.39, 0.29) is 0 Å². The van der Waals surface area contributed by atoms with Crippen molar-refractivity contribution in [2.75, 3.05) is 0 Å². The molecule has 0 aliphatic heterocycles. The van der Waals surface area contributed by atoms with Gasteiger partial charge in [-0.25, -0.2) is 0 Å². The summed E-state index contributed by atoms with van der Waals surface area (Å²) in [6, 6.07) is 6.38. The third-order valence-corrected chi connectivity index (χ3v) is 3.04. The minimum Gasteiger partial charge on any atom is -0.347 e. The molecule has 2 rings (SSSR count). The van der Waals surface area contributed by atoms with Gasteiger partial charge >= 0.3 is 0 Å². The van der Waals surface area contributed by atoms with Crippen LogP contribution in [0.2, 0.25) is 0 Å². The van der Waals surface area contributed by atoms with Gasteiger partial charge < -0.3 is 10.3 Å². The van der Waals surface area contributed by atoms with Crippen LogP contribution in [0.3, 0.4) is 0 Å². The van der Waals surface area contributed by atoms with Crippen LogP contribution in [-0.2, 0) is 13.6 Å². The molecule has 2 N–H and O–H groups in total. The zero-order valence-corrected chi connectivity index (χ0v) is 8.96. The molecule has 1 aromatic heterocycles. The summed E-state index contributed by atoms with van der Waals surface area (Å²) in [6.45, 7) is 4.89. The molecule has 2 nitrogen and oxygen atoms in total. The van der Waals surface area contributed by atoms with Crippen molar-refractivity contribution in [1.82, 2.24) is 4.57 Å². The third-order valence-electron chi connectivity index (χ3n) is 3.04. The highest BCUT2D eigenvalue weighted by Gasteiger charge is 2.10. The molecule has 0 radical (unpaired) electrons. The molecule has 1 aromatic carbocycles. The lowest BCUT2D eigenvalue weighted by Gasteiger charge is -2.01. The molecule has 0 aliphatic carbocycles. The van der Waals surface area contributed by atoms with Crippen LogP contribution in [0.5, 0.6) is 0 Å². The number of aromatic nitrogens is 1. The molecule has 2 aromatic rings. The van der Waals surface area contributed by atoms with Gasteiger partial charge in [0.05, 0.1) is 5.52 Å². The fraction of sp³-hybridized carbons (Fsp3) is 0.333. The molecule has 0 spiro atoms. The van der Waals surface area contributed by atoms with Gasteiger partial charge in [-0.15, -0.1) is 0 Å². The van der Waals surface area contributed by atoms with Gasteiger partial charge in [0, 0.05) is 24.7 Å². The summed E-state index contributed by atoms with van der Waals surface area (Å²) in [7, 11) is 2.10. The Kier molecular flexibility index (Phi) is 2.08. The van der Waals surface area contributed by atoms with Crippen LogP contribution < -0.4 is 5.73 Å². The second kappa shape index (κ2) is 3.14. The van der Waals surface area contributed by atoms with E-state index in [1.807, 2.05) is 0 Å². The normalized spacial score (nSPS) is 11.1. The standard InChI is InChI=1S/C12H16N2/c1-8-5-4-6-10-11(7-13)9(2)14(3)12(8)10/h4-6H,7,13H2,1-3H3. The average molecular weight is 188 g/mol. The Bertz CT molecular complexity index is 481. The molecule has 0 fully saturated rings. The zero-order valence-electron chi connectivity index (χ0n) is 8.96. The molecule has 14 heavy (non-hydrogen) atoms. The maximum Gasteiger partial charge on any atom is 0.0512 e. The lowest BCUT2D eigenvalue weighted by molar-refractivity contribution is 0.891. The topological polar surface area (TPSA) is 30.9 Å². The first-order valence-electron chi connectivity index (χ1n) is 4.90. The quantitative estimate of drug-likeness (QED) is 0.731. The van der Waals surface area contributed by atoms with E-state index in [4.69, 9.17) is 5.73 Å². The lowest BCUT2D eigenvalue weighted by atomic mass is 10.1. The number of aryl methyl sites for hydroxylation is 2. The summed E-state index contributed by atoms with van der Waals surface area (Å²) in [6.07, 6.45) is 0. The summed E-state index contributed by atoms with van der Waals surface area (Å²) >= 11 is 0. The number of nitrogens with two attached hydrogens (primary N) is 1. The number of nitrogens with zero attached hydrogens (tertiary/aromatic N) is 1. The van der Waals surface area contributed by atoms with Crippen molar-refractivity contribution in [1.29, 1.82) is 0 Å². The van der Waals surface area contributed by atoms with Crippen LogP contribution >= 0.6 is 0 Å². The molecule has 0 saturated heterocycles. The smallest absolute Gasteiger partial charge is 0.0512 e. The van der Waals surface area contributed by atoms with Crippen LogP contribution in [0, 0.1) is 13.8 Å². The van der Waals surface area contributed by atoms with Gasteiger partial charge in [-0.3, -0.25) is 0 Å². The van der Waals surface area contributed by atoms with Gasteiger partial charge in [-0.2, -0.15) is 0 Å². The molecule has 2 heteroatoms. The minimum atomic E-state index is 0.618. The largest absolute Gasteiger partial charge is 0.347 e. The maximum atomic E-state index is 5.77. The van der Waals surface area contributed by atoms with E-state index in [2.05, 4.69) is 43.7 Å². The van der Waals surface area contributed by atoms with Crippen molar-refractivity contribution in [3.8, 4) is 0 Å². The first-order chi connectivity index (χ1) is 6.66. The molecular weight excluding hydrogens is 172 g/mol. The Morgan fingerprint density at radius 3 is 2.64 bits per heavy atom. The third kappa shape index (κ3) is 1.07. The first kappa shape index (κ1) is 9.28. The van der Waals surface area contributed by atoms with Crippen molar-refractivity contribution >= 4 is 10.9 Å². The Labute approximate surface area is 84.3 Å². The SMILES string of the molecule is Cc1cccc2c(CN)c(C)n(C)c12. The van der Waals surface area contributed by atoms with Crippen molar-refractivity contribution in [2.45, 2.75) is 20.4 Å². The number of fused-ring (bicyclic) bond motifs is 1. The average Bonchev–Trinajstić information content (AvgIpc) is 2.41. The Morgan fingerprint density at radius 1 is 1.29 bits per heavy atom. The summed E-state index contributed by atoms with van der Waals surface area (Å²) in [5, 5.41) is 1.30. The monoisotopic (exact) mass is 188 g/mol. The van der Waals surface area contributed by atoms with Gasteiger partial charge in [0.15, 0.2) is 0 Å². The molecule has 0 saturated carbocycles. The van der Waals surface area contributed by atoms with Crippen LogP contribution in [0.15, 0.2) is 18.2 Å². The molecule has 0 bridgehead atoms. The number of hydrogen-bond acceptors (Lipinski definition) is 1. The summed E-state index contributed by atoms with van der Waals surface area (Å²) in [5.74, 6) is 0. The number of hydrogen-bond donors (Lipinski definition) is 1. The van der Waals surface area contributed by atoms with E-state index >= 15 is 0 Å². The minimum absolute atomic E-state index is 0.618. The predicted octanol–water partition coefficient (Wildman–Crippen LogP) is 2.25. The highest BCUT2D eigenvalue weighted by atomic mass is 14.9.